The third-order valence-electron chi connectivity index (χ3n) is 2.57. The van der Waals surface area contributed by atoms with E-state index in [0.717, 1.165) is 12.8 Å². The van der Waals surface area contributed by atoms with Crippen LogP contribution in [0.2, 0.25) is 0 Å². The van der Waals surface area contributed by atoms with Crippen molar-refractivity contribution in [3.63, 3.8) is 0 Å². The summed E-state index contributed by atoms with van der Waals surface area (Å²) in [6.45, 7) is 0. The second-order valence-corrected chi connectivity index (χ2v) is 6.19. The third kappa shape index (κ3) is 2.24. The Morgan fingerprint density at radius 2 is 1.81 bits per heavy atom. The molecule has 16 heavy (non-hydrogen) atoms. The van der Waals surface area contributed by atoms with E-state index in [0.29, 0.717) is 10.5 Å². The Morgan fingerprint density at radius 1 is 1.25 bits per heavy atom. The smallest absolute Gasteiger partial charge is 0.307 e. The number of sulfone groups is 1. The van der Waals surface area contributed by atoms with Gasteiger partial charge in [0.2, 0.25) is 0 Å². The van der Waals surface area contributed by atoms with E-state index < -0.39 is 15.8 Å². The SMILES string of the molecule is O=C(O)Cc1ccc(S(=O)(=O)C2CC2)cc1. The number of rotatable bonds is 4. The second-order valence-electron chi connectivity index (χ2n) is 3.96. The highest BCUT2D eigenvalue weighted by Crippen LogP contribution is 2.33. The van der Waals surface area contributed by atoms with Gasteiger partial charge in [0.25, 0.3) is 0 Å². The molecule has 1 aromatic rings. The number of carboxylic acid groups (broad SMARTS) is 1. The van der Waals surface area contributed by atoms with Gasteiger partial charge >= 0.3 is 5.97 Å². The largest absolute Gasteiger partial charge is 0.481 e. The van der Waals surface area contributed by atoms with Crippen LogP contribution in [0.5, 0.6) is 0 Å². The molecule has 0 bridgehead atoms. The first kappa shape index (κ1) is 11.1. The molecule has 0 aromatic heterocycles. The van der Waals surface area contributed by atoms with Gasteiger partial charge in [-0.1, -0.05) is 12.1 Å². The van der Waals surface area contributed by atoms with Crippen LogP contribution in [0.4, 0.5) is 0 Å². The zero-order valence-electron chi connectivity index (χ0n) is 8.59. The summed E-state index contributed by atoms with van der Waals surface area (Å²) in [6.07, 6.45) is 1.39. The molecule has 0 saturated heterocycles. The summed E-state index contributed by atoms with van der Waals surface area (Å²) in [6, 6.07) is 6.10. The molecule has 1 fully saturated rings. The predicted molar refractivity (Wildman–Crippen MR) is 58.0 cm³/mol. The van der Waals surface area contributed by atoms with Gasteiger partial charge in [0, 0.05) is 0 Å². The maximum Gasteiger partial charge on any atom is 0.307 e. The van der Waals surface area contributed by atoms with Crippen molar-refractivity contribution in [2.75, 3.05) is 0 Å². The molecule has 4 nitrogen and oxygen atoms in total. The lowest BCUT2D eigenvalue weighted by Crippen LogP contribution is -2.07. The Hall–Kier alpha value is -1.36. The molecule has 2 rings (SSSR count). The first-order valence-corrected chi connectivity index (χ1v) is 6.59. The van der Waals surface area contributed by atoms with Crippen LogP contribution in [0.25, 0.3) is 0 Å². The van der Waals surface area contributed by atoms with Crippen molar-refractivity contribution in [2.24, 2.45) is 0 Å². The summed E-state index contributed by atoms with van der Waals surface area (Å²) >= 11 is 0. The van der Waals surface area contributed by atoms with E-state index >= 15 is 0 Å². The first-order chi connectivity index (χ1) is 7.50. The van der Waals surface area contributed by atoms with Crippen LogP contribution in [0.15, 0.2) is 29.2 Å². The molecule has 1 aromatic carbocycles. The fourth-order valence-corrected chi connectivity index (χ4v) is 3.20. The zero-order valence-corrected chi connectivity index (χ0v) is 9.40. The summed E-state index contributed by atoms with van der Waals surface area (Å²) in [5.74, 6) is -0.919. The topological polar surface area (TPSA) is 71.4 Å². The highest BCUT2D eigenvalue weighted by molar-refractivity contribution is 7.92. The summed E-state index contributed by atoms with van der Waals surface area (Å²) in [7, 11) is -3.16. The van der Waals surface area contributed by atoms with E-state index in [-0.39, 0.29) is 11.7 Å². The molecule has 1 N–H and O–H groups in total. The monoisotopic (exact) mass is 240 g/mol. The van der Waals surface area contributed by atoms with E-state index in [1.165, 1.54) is 12.1 Å². The van der Waals surface area contributed by atoms with Crippen LogP contribution in [-0.4, -0.2) is 24.7 Å². The van der Waals surface area contributed by atoms with Crippen molar-refractivity contribution in [3.8, 4) is 0 Å². The molecule has 1 aliphatic carbocycles. The summed E-state index contributed by atoms with van der Waals surface area (Å²) in [4.78, 5) is 10.7. The zero-order chi connectivity index (χ0) is 11.8. The van der Waals surface area contributed by atoms with Crippen molar-refractivity contribution in [3.05, 3.63) is 29.8 Å². The van der Waals surface area contributed by atoms with Crippen molar-refractivity contribution in [1.82, 2.24) is 0 Å². The Bertz CT molecular complexity index is 497. The summed E-state index contributed by atoms with van der Waals surface area (Å²) in [5.41, 5.74) is 0.613. The molecule has 0 amide bonds. The third-order valence-corrected chi connectivity index (χ3v) is 4.85. The van der Waals surface area contributed by atoms with Crippen molar-refractivity contribution < 1.29 is 18.3 Å². The minimum absolute atomic E-state index is 0.0796. The minimum Gasteiger partial charge on any atom is -0.481 e. The molecule has 86 valence electrons. The van der Waals surface area contributed by atoms with Gasteiger partial charge in [-0.05, 0) is 30.5 Å². The number of carboxylic acids is 1. The number of hydrogen-bond donors (Lipinski definition) is 1. The van der Waals surface area contributed by atoms with Crippen LogP contribution in [0, 0.1) is 0 Å². The Balaban J connectivity index is 2.22. The lowest BCUT2D eigenvalue weighted by molar-refractivity contribution is -0.136. The molecule has 0 aliphatic heterocycles. The fourth-order valence-electron chi connectivity index (χ4n) is 1.54. The first-order valence-electron chi connectivity index (χ1n) is 5.05. The molecule has 0 radical (unpaired) electrons. The minimum atomic E-state index is -3.16. The van der Waals surface area contributed by atoms with Crippen LogP contribution < -0.4 is 0 Å². The quantitative estimate of drug-likeness (QED) is 0.859. The van der Waals surface area contributed by atoms with E-state index in [9.17, 15) is 13.2 Å². The average molecular weight is 240 g/mol. The number of carbonyl (C=O) groups is 1. The highest BCUT2D eigenvalue weighted by atomic mass is 32.2. The van der Waals surface area contributed by atoms with Gasteiger partial charge < -0.3 is 5.11 Å². The number of hydrogen-bond acceptors (Lipinski definition) is 3. The second kappa shape index (κ2) is 3.90. The lowest BCUT2D eigenvalue weighted by Gasteiger charge is -2.03. The Morgan fingerprint density at radius 3 is 2.25 bits per heavy atom. The lowest BCUT2D eigenvalue weighted by atomic mass is 10.2. The predicted octanol–water partition coefficient (Wildman–Crippen LogP) is 1.25. The van der Waals surface area contributed by atoms with Gasteiger partial charge in [0.05, 0.1) is 16.6 Å². The maximum atomic E-state index is 11.8. The van der Waals surface area contributed by atoms with Gasteiger partial charge in [-0.2, -0.15) is 0 Å². The fraction of sp³-hybridized carbons (Fsp3) is 0.364. The van der Waals surface area contributed by atoms with Crippen LogP contribution in [0.1, 0.15) is 18.4 Å². The standard InChI is InChI=1S/C11H12O4S/c12-11(13)7-8-1-3-9(4-2-8)16(14,15)10-5-6-10/h1-4,10H,5-7H2,(H,12,13). The number of benzene rings is 1. The van der Waals surface area contributed by atoms with Gasteiger partial charge in [0.15, 0.2) is 9.84 Å². The normalized spacial score (nSPS) is 16.0. The van der Waals surface area contributed by atoms with E-state index in [4.69, 9.17) is 5.11 Å². The number of aliphatic carboxylic acids is 1. The van der Waals surface area contributed by atoms with Gasteiger partial charge in [-0.3, -0.25) is 4.79 Å². The molecule has 0 spiro atoms. The molecular formula is C11H12O4S. The van der Waals surface area contributed by atoms with Crippen LogP contribution in [-0.2, 0) is 21.1 Å². The Labute approximate surface area is 93.8 Å². The van der Waals surface area contributed by atoms with Gasteiger partial charge in [0.1, 0.15) is 0 Å². The van der Waals surface area contributed by atoms with E-state index in [2.05, 4.69) is 0 Å². The summed E-state index contributed by atoms with van der Waals surface area (Å²) < 4.78 is 23.6. The van der Waals surface area contributed by atoms with E-state index in [1.807, 2.05) is 0 Å². The molecule has 0 heterocycles. The van der Waals surface area contributed by atoms with Gasteiger partial charge in [-0.25, -0.2) is 8.42 Å². The Kier molecular flexibility index (Phi) is 2.71. The molecular weight excluding hydrogens is 228 g/mol. The summed E-state index contributed by atoms with van der Waals surface area (Å²) in [5, 5.41) is 8.35. The molecule has 1 aliphatic rings. The molecule has 5 heteroatoms. The molecule has 1 saturated carbocycles. The van der Waals surface area contributed by atoms with Gasteiger partial charge in [-0.15, -0.1) is 0 Å². The van der Waals surface area contributed by atoms with Crippen molar-refractivity contribution >= 4 is 15.8 Å². The van der Waals surface area contributed by atoms with Crippen LogP contribution in [0.3, 0.4) is 0 Å². The molecule has 0 atom stereocenters. The van der Waals surface area contributed by atoms with Crippen LogP contribution >= 0.6 is 0 Å². The van der Waals surface area contributed by atoms with Crippen molar-refractivity contribution in [1.29, 1.82) is 0 Å². The average Bonchev–Trinajstić information content (AvgIpc) is 3.00. The van der Waals surface area contributed by atoms with E-state index in [1.54, 1.807) is 12.1 Å². The molecule has 0 unspecified atom stereocenters. The van der Waals surface area contributed by atoms with Crippen molar-refractivity contribution in [2.45, 2.75) is 29.4 Å². The maximum absolute atomic E-state index is 11.8. The highest BCUT2D eigenvalue weighted by Gasteiger charge is 2.36.